The van der Waals surface area contributed by atoms with E-state index in [2.05, 4.69) is 0 Å². The molecule has 3 aromatic rings. The Balaban J connectivity index is 2.31. The Labute approximate surface area is 126 Å². The summed E-state index contributed by atoms with van der Waals surface area (Å²) < 4.78 is 26.4. The molecular weight excluding hydrogens is 304 g/mol. The van der Waals surface area contributed by atoms with Gasteiger partial charge in [0.25, 0.3) is 15.7 Å². The molecule has 0 aliphatic carbocycles. The topological polar surface area (TPSA) is 82.2 Å². The van der Waals surface area contributed by atoms with E-state index < -0.39 is 14.9 Å². The number of hydrogen-bond donors (Lipinski definition) is 0. The van der Waals surface area contributed by atoms with Gasteiger partial charge in [-0.25, -0.2) is 12.4 Å². The minimum atomic E-state index is -3.78. The highest BCUT2D eigenvalue weighted by atomic mass is 32.2. The first-order chi connectivity index (χ1) is 10.4. The number of benzene rings is 2. The van der Waals surface area contributed by atoms with Gasteiger partial charge in [-0.2, -0.15) is 0 Å². The SMILES string of the molecule is Cc1ccc2c(ccn2S(=O)(=O)c2ccccc2)c1[N+](=O)[O-]. The third kappa shape index (κ3) is 2.06. The molecule has 0 spiro atoms. The molecule has 0 atom stereocenters. The van der Waals surface area contributed by atoms with Gasteiger partial charge < -0.3 is 0 Å². The zero-order valence-corrected chi connectivity index (χ0v) is 12.4. The second kappa shape index (κ2) is 4.96. The summed E-state index contributed by atoms with van der Waals surface area (Å²) in [6, 6.07) is 12.6. The van der Waals surface area contributed by atoms with E-state index in [0.717, 1.165) is 3.97 Å². The maximum atomic E-state index is 12.7. The lowest BCUT2D eigenvalue weighted by atomic mass is 10.1. The summed E-state index contributed by atoms with van der Waals surface area (Å²) in [5.41, 5.74) is 0.716. The number of nitrogens with zero attached hydrogens (tertiary/aromatic N) is 2. The molecule has 3 rings (SSSR count). The summed E-state index contributed by atoms with van der Waals surface area (Å²) in [6.07, 6.45) is 1.35. The van der Waals surface area contributed by atoms with Crippen molar-refractivity contribution in [3.05, 3.63) is 70.4 Å². The van der Waals surface area contributed by atoms with Gasteiger partial charge in [-0.1, -0.05) is 24.3 Å². The maximum Gasteiger partial charge on any atom is 0.281 e. The van der Waals surface area contributed by atoms with Crippen molar-refractivity contribution in [3.63, 3.8) is 0 Å². The summed E-state index contributed by atoms with van der Waals surface area (Å²) in [6.45, 7) is 1.63. The first kappa shape index (κ1) is 14.3. The Morgan fingerprint density at radius 1 is 1.05 bits per heavy atom. The second-order valence-corrected chi connectivity index (χ2v) is 6.67. The van der Waals surface area contributed by atoms with Gasteiger partial charge in [0.1, 0.15) is 0 Å². The highest BCUT2D eigenvalue weighted by Crippen LogP contribution is 2.31. The maximum absolute atomic E-state index is 12.7. The number of aryl methyl sites for hydroxylation is 1. The van der Waals surface area contributed by atoms with Crippen molar-refractivity contribution in [2.45, 2.75) is 11.8 Å². The van der Waals surface area contributed by atoms with E-state index in [1.807, 2.05) is 0 Å². The van der Waals surface area contributed by atoms with Gasteiger partial charge in [0.15, 0.2) is 0 Å². The number of aromatic nitrogens is 1. The smallest absolute Gasteiger partial charge is 0.258 e. The lowest BCUT2D eigenvalue weighted by molar-refractivity contribution is -0.383. The largest absolute Gasteiger partial charge is 0.281 e. The van der Waals surface area contributed by atoms with Crippen molar-refractivity contribution in [2.75, 3.05) is 0 Å². The molecule has 0 bridgehead atoms. The quantitative estimate of drug-likeness (QED) is 0.549. The van der Waals surface area contributed by atoms with Crippen LogP contribution in [-0.4, -0.2) is 17.3 Å². The second-order valence-electron chi connectivity index (χ2n) is 4.85. The van der Waals surface area contributed by atoms with Crippen LogP contribution in [0.1, 0.15) is 5.56 Å². The highest BCUT2D eigenvalue weighted by molar-refractivity contribution is 7.90. The number of nitro groups is 1. The van der Waals surface area contributed by atoms with E-state index in [1.165, 1.54) is 24.4 Å². The molecule has 0 saturated heterocycles. The highest BCUT2D eigenvalue weighted by Gasteiger charge is 2.23. The Hall–Kier alpha value is -2.67. The molecule has 6 nitrogen and oxygen atoms in total. The Morgan fingerprint density at radius 3 is 2.36 bits per heavy atom. The molecule has 0 aliphatic rings. The fourth-order valence-electron chi connectivity index (χ4n) is 2.44. The Morgan fingerprint density at radius 2 is 1.73 bits per heavy atom. The van der Waals surface area contributed by atoms with Gasteiger partial charge in [-0.15, -0.1) is 0 Å². The molecule has 0 amide bonds. The molecule has 0 fully saturated rings. The molecule has 22 heavy (non-hydrogen) atoms. The van der Waals surface area contributed by atoms with Gasteiger partial charge >= 0.3 is 0 Å². The monoisotopic (exact) mass is 316 g/mol. The minimum absolute atomic E-state index is 0.0699. The standard InChI is InChI=1S/C15H12N2O4S/c1-11-7-8-14-13(15(11)17(18)19)9-10-16(14)22(20,21)12-5-3-2-4-6-12/h2-10H,1H3. The van der Waals surface area contributed by atoms with E-state index in [-0.39, 0.29) is 10.6 Å². The number of nitro benzene ring substituents is 1. The average Bonchev–Trinajstić information content (AvgIpc) is 2.92. The van der Waals surface area contributed by atoms with Gasteiger partial charge in [-0.05, 0) is 31.2 Å². The van der Waals surface area contributed by atoms with Gasteiger partial charge in [0, 0.05) is 11.8 Å². The minimum Gasteiger partial charge on any atom is -0.258 e. The van der Waals surface area contributed by atoms with E-state index in [9.17, 15) is 18.5 Å². The van der Waals surface area contributed by atoms with Gasteiger partial charge in [0.05, 0.1) is 20.7 Å². The summed E-state index contributed by atoms with van der Waals surface area (Å²) in [5.74, 6) is 0. The van der Waals surface area contributed by atoms with Crippen LogP contribution in [0.3, 0.4) is 0 Å². The van der Waals surface area contributed by atoms with Crippen LogP contribution in [0.4, 0.5) is 5.69 Å². The predicted octanol–water partition coefficient (Wildman–Crippen LogP) is 3.09. The molecule has 1 aromatic heterocycles. The average molecular weight is 316 g/mol. The van der Waals surface area contributed by atoms with Gasteiger partial charge in [0.2, 0.25) is 0 Å². The molecular formula is C15H12N2O4S. The van der Waals surface area contributed by atoms with Crippen LogP contribution >= 0.6 is 0 Å². The zero-order chi connectivity index (χ0) is 15.9. The molecule has 112 valence electrons. The van der Waals surface area contributed by atoms with Crippen LogP contribution in [0.25, 0.3) is 10.9 Å². The van der Waals surface area contributed by atoms with Crippen LogP contribution in [0, 0.1) is 17.0 Å². The Bertz CT molecular complexity index is 975. The summed E-state index contributed by atoms with van der Waals surface area (Å²) in [4.78, 5) is 10.9. The van der Waals surface area contributed by atoms with Crippen LogP contribution in [0.2, 0.25) is 0 Å². The van der Waals surface area contributed by atoms with Crippen LogP contribution in [0.5, 0.6) is 0 Å². The molecule has 0 saturated carbocycles. The number of fused-ring (bicyclic) bond motifs is 1. The third-order valence-electron chi connectivity index (χ3n) is 3.49. The molecule has 1 heterocycles. The molecule has 0 radical (unpaired) electrons. The van der Waals surface area contributed by atoms with Crippen molar-refractivity contribution in [2.24, 2.45) is 0 Å². The molecule has 2 aromatic carbocycles. The molecule has 0 aliphatic heterocycles. The number of hydrogen-bond acceptors (Lipinski definition) is 4. The van der Waals surface area contributed by atoms with Crippen LogP contribution < -0.4 is 0 Å². The van der Waals surface area contributed by atoms with Crippen molar-refractivity contribution in [1.29, 1.82) is 0 Å². The van der Waals surface area contributed by atoms with E-state index in [4.69, 9.17) is 0 Å². The van der Waals surface area contributed by atoms with Crippen molar-refractivity contribution in [3.8, 4) is 0 Å². The molecule has 7 heteroatoms. The summed E-state index contributed by atoms with van der Waals surface area (Å²) >= 11 is 0. The summed E-state index contributed by atoms with van der Waals surface area (Å²) in [7, 11) is -3.78. The van der Waals surface area contributed by atoms with Crippen molar-refractivity contribution >= 4 is 26.6 Å². The normalized spacial score (nSPS) is 11.7. The van der Waals surface area contributed by atoms with E-state index in [0.29, 0.717) is 16.5 Å². The molecule has 0 unspecified atom stereocenters. The van der Waals surface area contributed by atoms with E-state index in [1.54, 1.807) is 37.3 Å². The fraction of sp³-hybridized carbons (Fsp3) is 0.0667. The lowest BCUT2D eigenvalue weighted by Gasteiger charge is -2.07. The first-order valence-corrected chi connectivity index (χ1v) is 7.92. The van der Waals surface area contributed by atoms with Crippen LogP contribution in [-0.2, 0) is 10.0 Å². The molecule has 0 N–H and O–H groups in total. The van der Waals surface area contributed by atoms with E-state index >= 15 is 0 Å². The van der Waals surface area contributed by atoms with Crippen molar-refractivity contribution in [1.82, 2.24) is 3.97 Å². The van der Waals surface area contributed by atoms with Gasteiger partial charge in [-0.3, -0.25) is 10.1 Å². The summed E-state index contributed by atoms with van der Waals surface area (Å²) in [5, 5.41) is 11.5. The zero-order valence-electron chi connectivity index (χ0n) is 11.6. The Kier molecular flexibility index (Phi) is 3.22. The third-order valence-corrected chi connectivity index (χ3v) is 5.20. The lowest BCUT2D eigenvalue weighted by Crippen LogP contribution is -2.11. The van der Waals surface area contributed by atoms with Crippen LogP contribution in [0.15, 0.2) is 59.6 Å². The fourth-order valence-corrected chi connectivity index (χ4v) is 3.81. The van der Waals surface area contributed by atoms with Crippen molar-refractivity contribution < 1.29 is 13.3 Å². The first-order valence-electron chi connectivity index (χ1n) is 6.48. The number of rotatable bonds is 3. The predicted molar refractivity (Wildman–Crippen MR) is 82.4 cm³/mol.